The monoisotopic (exact) mass is 286 g/mol. The minimum atomic E-state index is -1.56. The second kappa shape index (κ2) is 3.90. The quantitative estimate of drug-likeness (QED) is 0.437. The first kappa shape index (κ1) is 11.5. The molecule has 1 nitrogen and oxygen atoms in total. The first-order valence-electron chi connectivity index (χ1n) is 3.40. The van der Waals surface area contributed by atoms with E-state index in [1.165, 1.54) is 0 Å². The third-order valence-electron chi connectivity index (χ3n) is 1.56. The molecule has 0 aliphatic heterocycles. The van der Waals surface area contributed by atoms with Gasteiger partial charge < -0.3 is 0 Å². The normalized spacial score (nSPS) is 10.4. The van der Waals surface area contributed by atoms with Crippen LogP contribution in [0.4, 0.5) is 13.2 Å². The van der Waals surface area contributed by atoms with Crippen LogP contribution in [0.15, 0.2) is 4.47 Å². The van der Waals surface area contributed by atoms with Gasteiger partial charge in [0.2, 0.25) is 0 Å². The van der Waals surface area contributed by atoms with Crippen molar-refractivity contribution in [3.63, 3.8) is 0 Å². The highest BCUT2D eigenvalue weighted by molar-refractivity contribution is 9.10. The lowest BCUT2D eigenvalue weighted by molar-refractivity contribution is 0.101. The van der Waals surface area contributed by atoms with E-state index in [1.54, 1.807) is 0 Å². The fourth-order valence-corrected chi connectivity index (χ4v) is 1.86. The van der Waals surface area contributed by atoms with E-state index in [1.807, 2.05) is 0 Å². The SMILES string of the molecule is CC(=O)c1c(F)c(F)c(Cl)c(F)c1Br. The Morgan fingerprint density at radius 3 is 2.14 bits per heavy atom. The average Bonchev–Trinajstić information content (AvgIpc) is 2.11. The van der Waals surface area contributed by atoms with E-state index in [0.717, 1.165) is 6.92 Å². The van der Waals surface area contributed by atoms with Gasteiger partial charge in [0.05, 0.1) is 10.0 Å². The highest BCUT2D eigenvalue weighted by atomic mass is 79.9. The van der Waals surface area contributed by atoms with E-state index < -0.39 is 38.3 Å². The lowest BCUT2D eigenvalue weighted by Gasteiger charge is -2.06. The van der Waals surface area contributed by atoms with Crippen LogP contribution in [0.1, 0.15) is 17.3 Å². The van der Waals surface area contributed by atoms with Gasteiger partial charge in [-0.2, -0.15) is 0 Å². The van der Waals surface area contributed by atoms with Crippen LogP contribution in [-0.2, 0) is 0 Å². The van der Waals surface area contributed by atoms with Gasteiger partial charge in [-0.1, -0.05) is 11.6 Å². The van der Waals surface area contributed by atoms with E-state index in [2.05, 4.69) is 15.9 Å². The van der Waals surface area contributed by atoms with Crippen molar-refractivity contribution in [1.29, 1.82) is 0 Å². The third-order valence-corrected chi connectivity index (χ3v) is 2.64. The Morgan fingerprint density at radius 2 is 1.71 bits per heavy atom. The molecule has 0 heterocycles. The fourth-order valence-electron chi connectivity index (χ4n) is 0.914. The average molecular weight is 287 g/mol. The number of Topliss-reactive ketones (excluding diaryl/α,β-unsaturated/α-hetero) is 1. The van der Waals surface area contributed by atoms with Gasteiger partial charge in [0.25, 0.3) is 0 Å². The molecule has 0 aliphatic rings. The van der Waals surface area contributed by atoms with E-state index in [4.69, 9.17) is 11.6 Å². The summed E-state index contributed by atoms with van der Waals surface area (Å²) in [6.45, 7) is 0.996. The summed E-state index contributed by atoms with van der Waals surface area (Å²) in [6.07, 6.45) is 0. The van der Waals surface area contributed by atoms with Crippen LogP contribution in [0.3, 0.4) is 0 Å². The molecule has 6 heteroatoms. The van der Waals surface area contributed by atoms with Gasteiger partial charge in [0, 0.05) is 0 Å². The summed E-state index contributed by atoms with van der Waals surface area (Å²) in [7, 11) is 0. The van der Waals surface area contributed by atoms with Gasteiger partial charge in [-0.3, -0.25) is 4.79 Å². The number of carbonyl (C=O) groups excluding carboxylic acids is 1. The van der Waals surface area contributed by atoms with E-state index in [-0.39, 0.29) is 0 Å². The lowest BCUT2D eigenvalue weighted by atomic mass is 10.1. The zero-order valence-corrected chi connectivity index (χ0v) is 9.14. The van der Waals surface area contributed by atoms with Crippen molar-refractivity contribution in [2.24, 2.45) is 0 Å². The van der Waals surface area contributed by atoms with Crippen LogP contribution in [0.25, 0.3) is 0 Å². The lowest BCUT2D eigenvalue weighted by Crippen LogP contribution is -2.05. The summed E-state index contributed by atoms with van der Waals surface area (Å²) in [5, 5.41) is -0.973. The molecule has 0 amide bonds. The van der Waals surface area contributed by atoms with Gasteiger partial charge in [0.1, 0.15) is 5.02 Å². The number of hydrogen-bond acceptors (Lipinski definition) is 1. The Morgan fingerprint density at radius 1 is 1.21 bits per heavy atom. The molecular weight excluding hydrogens is 284 g/mol. The maximum atomic E-state index is 13.1. The Bertz CT molecular complexity index is 391. The zero-order chi connectivity index (χ0) is 11.0. The molecule has 1 aromatic rings. The smallest absolute Gasteiger partial charge is 0.181 e. The number of halogens is 5. The van der Waals surface area contributed by atoms with Crippen LogP contribution in [0.5, 0.6) is 0 Å². The molecule has 14 heavy (non-hydrogen) atoms. The molecule has 0 fully saturated rings. The second-order valence-electron chi connectivity index (χ2n) is 2.50. The Kier molecular flexibility index (Phi) is 3.21. The third kappa shape index (κ3) is 1.66. The predicted octanol–water partition coefficient (Wildman–Crippen LogP) is 3.72. The molecule has 0 atom stereocenters. The van der Waals surface area contributed by atoms with Gasteiger partial charge in [-0.05, 0) is 22.9 Å². The zero-order valence-electron chi connectivity index (χ0n) is 6.80. The molecule has 1 aromatic carbocycles. The largest absolute Gasteiger partial charge is 0.294 e. The predicted molar refractivity (Wildman–Crippen MR) is 49.0 cm³/mol. The summed E-state index contributed by atoms with van der Waals surface area (Å²) < 4.78 is 38.5. The number of ketones is 1. The van der Waals surface area contributed by atoms with Gasteiger partial charge in [0.15, 0.2) is 23.2 Å². The minimum Gasteiger partial charge on any atom is -0.294 e. The molecule has 1 rings (SSSR count). The van der Waals surface area contributed by atoms with Crippen LogP contribution >= 0.6 is 27.5 Å². The number of carbonyl (C=O) groups is 1. The number of hydrogen-bond donors (Lipinski definition) is 0. The molecule has 0 aliphatic carbocycles. The van der Waals surface area contributed by atoms with E-state index in [9.17, 15) is 18.0 Å². The summed E-state index contributed by atoms with van der Waals surface area (Å²) in [5.41, 5.74) is -0.676. The van der Waals surface area contributed by atoms with Crippen LogP contribution in [0.2, 0.25) is 5.02 Å². The van der Waals surface area contributed by atoms with Crippen molar-refractivity contribution >= 4 is 33.3 Å². The molecule has 0 saturated carbocycles. The Hall–Kier alpha value is -0.550. The standard InChI is InChI=1S/C8H3BrClF3O/c1-2(14)3-4(9)7(12)5(10)8(13)6(3)11/h1H3. The topological polar surface area (TPSA) is 17.1 Å². The summed E-state index contributed by atoms with van der Waals surface area (Å²) in [5.74, 6) is -4.98. The Labute approximate surface area is 91.0 Å². The molecule has 0 saturated heterocycles. The Balaban J connectivity index is 3.68. The second-order valence-corrected chi connectivity index (χ2v) is 3.67. The van der Waals surface area contributed by atoms with Crippen LogP contribution in [0, 0.1) is 17.5 Å². The minimum absolute atomic E-state index is 0.464. The van der Waals surface area contributed by atoms with Crippen molar-refractivity contribution in [3.05, 3.63) is 32.5 Å². The first-order chi connectivity index (χ1) is 6.37. The van der Waals surface area contributed by atoms with Gasteiger partial charge in [-0.15, -0.1) is 0 Å². The van der Waals surface area contributed by atoms with Crippen molar-refractivity contribution in [2.75, 3.05) is 0 Å². The first-order valence-corrected chi connectivity index (χ1v) is 4.57. The van der Waals surface area contributed by atoms with Crippen molar-refractivity contribution in [2.45, 2.75) is 6.92 Å². The summed E-state index contributed by atoms with van der Waals surface area (Å²) in [4.78, 5) is 10.9. The highest BCUT2D eigenvalue weighted by Crippen LogP contribution is 2.32. The van der Waals surface area contributed by atoms with Gasteiger partial charge in [-0.25, -0.2) is 13.2 Å². The van der Waals surface area contributed by atoms with E-state index >= 15 is 0 Å². The summed E-state index contributed by atoms with van der Waals surface area (Å²) >= 11 is 7.76. The van der Waals surface area contributed by atoms with Crippen molar-refractivity contribution in [1.82, 2.24) is 0 Å². The van der Waals surface area contributed by atoms with Gasteiger partial charge >= 0.3 is 0 Å². The molecule has 0 N–H and O–H groups in total. The van der Waals surface area contributed by atoms with Crippen molar-refractivity contribution < 1.29 is 18.0 Å². The molecular formula is C8H3BrClF3O. The van der Waals surface area contributed by atoms with Crippen molar-refractivity contribution in [3.8, 4) is 0 Å². The van der Waals surface area contributed by atoms with E-state index in [0.29, 0.717) is 0 Å². The van der Waals surface area contributed by atoms with Crippen LogP contribution in [-0.4, -0.2) is 5.78 Å². The fraction of sp³-hybridized carbons (Fsp3) is 0.125. The summed E-state index contributed by atoms with van der Waals surface area (Å²) in [6, 6.07) is 0. The molecule has 0 spiro atoms. The molecule has 76 valence electrons. The molecule has 0 unspecified atom stereocenters. The maximum Gasteiger partial charge on any atom is 0.181 e. The number of rotatable bonds is 1. The number of benzene rings is 1. The molecule has 0 aromatic heterocycles. The van der Waals surface area contributed by atoms with Crippen LogP contribution < -0.4 is 0 Å². The highest BCUT2D eigenvalue weighted by Gasteiger charge is 2.24. The maximum absolute atomic E-state index is 13.1. The molecule has 0 bridgehead atoms. The molecule has 0 radical (unpaired) electrons.